The smallest absolute Gasteiger partial charge is 0.235 e. The standard InChI is InChI=1S/C9H13ClN2OS/c1-5-9(14-7(3)11-5)6(2)12-8(13)4-10/h6H,4H2,1-3H3,(H,12,13). The van der Waals surface area contributed by atoms with Crippen molar-refractivity contribution in [3.8, 4) is 0 Å². The van der Waals surface area contributed by atoms with Crippen molar-refractivity contribution < 1.29 is 4.79 Å². The van der Waals surface area contributed by atoms with Gasteiger partial charge >= 0.3 is 0 Å². The molecule has 14 heavy (non-hydrogen) atoms. The van der Waals surface area contributed by atoms with E-state index in [4.69, 9.17) is 11.6 Å². The number of carbonyl (C=O) groups is 1. The predicted octanol–water partition coefficient (Wildman–Crippen LogP) is 2.18. The van der Waals surface area contributed by atoms with Crippen molar-refractivity contribution in [2.24, 2.45) is 0 Å². The Morgan fingerprint density at radius 2 is 2.29 bits per heavy atom. The van der Waals surface area contributed by atoms with Gasteiger partial charge in [0.15, 0.2) is 0 Å². The highest BCUT2D eigenvalue weighted by atomic mass is 35.5. The number of nitrogens with zero attached hydrogens (tertiary/aromatic N) is 1. The fourth-order valence-electron chi connectivity index (χ4n) is 1.29. The number of thiazole rings is 1. The van der Waals surface area contributed by atoms with Crippen LogP contribution in [0.3, 0.4) is 0 Å². The molecule has 1 amide bonds. The molecular weight excluding hydrogens is 220 g/mol. The molecule has 5 heteroatoms. The molecule has 3 nitrogen and oxygen atoms in total. The van der Waals surface area contributed by atoms with Crippen molar-refractivity contribution in [1.82, 2.24) is 10.3 Å². The summed E-state index contributed by atoms with van der Waals surface area (Å²) in [7, 11) is 0. The van der Waals surface area contributed by atoms with Gasteiger partial charge < -0.3 is 5.32 Å². The summed E-state index contributed by atoms with van der Waals surface area (Å²) in [5, 5.41) is 3.82. The van der Waals surface area contributed by atoms with Crippen LogP contribution in [0.2, 0.25) is 0 Å². The second-order valence-electron chi connectivity index (χ2n) is 3.11. The molecule has 0 saturated carbocycles. The molecule has 0 fully saturated rings. The minimum Gasteiger partial charge on any atom is -0.348 e. The van der Waals surface area contributed by atoms with Crippen LogP contribution in [0.1, 0.15) is 28.5 Å². The topological polar surface area (TPSA) is 42.0 Å². The summed E-state index contributed by atoms with van der Waals surface area (Å²) in [6.45, 7) is 5.84. The highest BCUT2D eigenvalue weighted by molar-refractivity contribution is 7.11. The van der Waals surface area contributed by atoms with Gasteiger partial charge in [0.25, 0.3) is 0 Å². The van der Waals surface area contributed by atoms with Crippen molar-refractivity contribution in [1.29, 1.82) is 0 Å². The van der Waals surface area contributed by atoms with Gasteiger partial charge in [0.2, 0.25) is 5.91 Å². The van der Waals surface area contributed by atoms with Crippen molar-refractivity contribution >= 4 is 28.8 Å². The third kappa shape index (κ3) is 2.69. The van der Waals surface area contributed by atoms with Gasteiger partial charge in [-0.2, -0.15) is 0 Å². The van der Waals surface area contributed by atoms with Crippen LogP contribution in [-0.4, -0.2) is 16.8 Å². The number of amides is 1. The molecular formula is C9H13ClN2OS. The van der Waals surface area contributed by atoms with E-state index in [2.05, 4.69) is 10.3 Å². The van der Waals surface area contributed by atoms with E-state index in [1.807, 2.05) is 20.8 Å². The van der Waals surface area contributed by atoms with Gasteiger partial charge in [0.05, 0.1) is 16.7 Å². The Morgan fingerprint density at radius 3 is 2.71 bits per heavy atom. The lowest BCUT2D eigenvalue weighted by atomic mass is 10.2. The van der Waals surface area contributed by atoms with Gasteiger partial charge in [0, 0.05) is 4.88 Å². The molecule has 1 atom stereocenters. The summed E-state index contributed by atoms with van der Waals surface area (Å²) in [4.78, 5) is 16.5. The Bertz CT molecular complexity index is 338. The van der Waals surface area contributed by atoms with Crippen molar-refractivity contribution in [3.05, 3.63) is 15.6 Å². The molecule has 1 heterocycles. The van der Waals surface area contributed by atoms with Gasteiger partial charge in [-0.25, -0.2) is 4.98 Å². The molecule has 1 unspecified atom stereocenters. The Labute approximate surface area is 92.5 Å². The van der Waals surface area contributed by atoms with Crippen LogP contribution in [0, 0.1) is 13.8 Å². The molecule has 0 aliphatic heterocycles. The molecule has 1 aromatic rings. The third-order valence-electron chi connectivity index (χ3n) is 1.83. The van der Waals surface area contributed by atoms with Crippen LogP contribution >= 0.6 is 22.9 Å². The molecule has 1 rings (SSSR count). The van der Waals surface area contributed by atoms with Crippen LogP contribution in [-0.2, 0) is 4.79 Å². The predicted molar refractivity (Wildman–Crippen MR) is 58.9 cm³/mol. The number of aromatic nitrogens is 1. The molecule has 0 bridgehead atoms. The zero-order chi connectivity index (χ0) is 10.7. The number of hydrogen-bond donors (Lipinski definition) is 1. The van der Waals surface area contributed by atoms with Crippen LogP contribution < -0.4 is 5.32 Å². The number of halogens is 1. The molecule has 0 aromatic carbocycles. The monoisotopic (exact) mass is 232 g/mol. The average Bonchev–Trinajstić information content (AvgIpc) is 2.45. The maximum atomic E-state index is 11.1. The lowest BCUT2D eigenvalue weighted by molar-refractivity contribution is -0.119. The number of hydrogen-bond acceptors (Lipinski definition) is 3. The first-order chi connectivity index (χ1) is 6.54. The summed E-state index contributed by atoms with van der Waals surface area (Å²) >= 11 is 7.01. The third-order valence-corrected chi connectivity index (χ3v) is 3.33. The van der Waals surface area contributed by atoms with Crippen molar-refractivity contribution in [2.45, 2.75) is 26.8 Å². The Hall–Kier alpha value is -0.610. The molecule has 1 aromatic heterocycles. The first-order valence-corrected chi connectivity index (χ1v) is 5.69. The molecule has 0 spiro atoms. The quantitative estimate of drug-likeness (QED) is 0.812. The molecule has 0 radical (unpaired) electrons. The number of rotatable bonds is 3. The maximum absolute atomic E-state index is 11.1. The summed E-state index contributed by atoms with van der Waals surface area (Å²) in [6.07, 6.45) is 0. The van der Waals surface area contributed by atoms with Gasteiger partial charge in [-0.3, -0.25) is 4.79 Å². The van der Waals surface area contributed by atoms with Crippen LogP contribution in [0.5, 0.6) is 0 Å². The zero-order valence-electron chi connectivity index (χ0n) is 8.43. The lowest BCUT2D eigenvalue weighted by Gasteiger charge is -2.11. The molecule has 78 valence electrons. The highest BCUT2D eigenvalue weighted by Gasteiger charge is 2.14. The highest BCUT2D eigenvalue weighted by Crippen LogP contribution is 2.24. The van der Waals surface area contributed by atoms with E-state index in [1.54, 1.807) is 11.3 Å². The van der Waals surface area contributed by atoms with Crippen molar-refractivity contribution in [2.75, 3.05) is 5.88 Å². The normalized spacial score (nSPS) is 12.6. The second kappa shape index (κ2) is 4.75. The van der Waals surface area contributed by atoms with E-state index in [1.165, 1.54) is 0 Å². The maximum Gasteiger partial charge on any atom is 0.235 e. The molecule has 0 saturated heterocycles. The SMILES string of the molecule is Cc1nc(C)c(C(C)NC(=O)CCl)s1. The minimum atomic E-state index is -0.149. The summed E-state index contributed by atoms with van der Waals surface area (Å²) in [5.41, 5.74) is 0.981. The minimum absolute atomic E-state index is 0.00116. The average molecular weight is 233 g/mol. The summed E-state index contributed by atoms with van der Waals surface area (Å²) in [6, 6.07) is -0.00699. The van der Waals surface area contributed by atoms with Gasteiger partial charge in [-0.05, 0) is 20.8 Å². The fraction of sp³-hybridized carbons (Fsp3) is 0.556. The largest absolute Gasteiger partial charge is 0.348 e. The number of alkyl halides is 1. The first-order valence-electron chi connectivity index (χ1n) is 4.34. The Kier molecular flexibility index (Phi) is 3.89. The van der Waals surface area contributed by atoms with Crippen LogP contribution in [0.15, 0.2) is 0 Å². The number of aryl methyl sites for hydroxylation is 2. The summed E-state index contributed by atoms with van der Waals surface area (Å²) < 4.78 is 0. The van der Waals surface area contributed by atoms with Crippen LogP contribution in [0.25, 0.3) is 0 Å². The molecule has 0 aliphatic rings. The molecule has 1 N–H and O–H groups in total. The number of nitrogens with one attached hydrogen (secondary N) is 1. The zero-order valence-corrected chi connectivity index (χ0v) is 10.00. The van der Waals surface area contributed by atoms with E-state index in [0.29, 0.717) is 0 Å². The van der Waals surface area contributed by atoms with Crippen LogP contribution in [0.4, 0.5) is 0 Å². The van der Waals surface area contributed by atoms with E-state index >= 15 is 0 Å². The molecule has 0 aliphatic carbocycles. The lowest BCUT2D eigenvalue weighted by Crippen LogP contribution is -2.27. The Morgan fingerprint density at radius 1 is 1.64 bits per heavy atom. The van der Waals surface area contributed by atoms with E-state index < -0.39 is 0 Å². The second-order valence-corrected chi connectivity index (χ2v) is 4.61. The van der Waals surface area contributed by atoms with Gasteiger partial charge in [-0.15, -0.1) is 22.9 Å². The number of carbonyl (C=O) groups excluding carboxylic acids is 1. The van der Waals surface area contributed by atoms with Gasteiger partial charge in [0.1, 0.15) is 5.88 Å². The summed E-state index contributed by atoms with van der Waals surface area (Å²) in [5.74, 6) is -0.147. The van der Waals surface area contributed by atoms with E-state index in [9.17, 15) is 4.79 Å². The Balaban J connectivity index is 2.73. The van der Waals surface area contributed by atoms with Gasteiger partial charge in [-0.1, -0.05) is 0 Å². The van der Waals surface area contributed by atoms with E-state index in [-0.39, 0.29) is 17.8 Å². The fourth-order valence-corrected chi connectivity index (χ4v) is 2.30. The van der Waals surface area contributed by atoms with Crippen molar-refractivity contribution in [3.63, 3.8) is 0 Å². The van der Waals surface area contributed by atoms with E-state index in [0.717, 1.165) is 15.6 Å². The first kappa shape index (κ1) is 11.5.